The molecular formula is C25H31F3N6O3. The number of nitrogens with one attached hydrogen (secondary N) is 2. The molecule has 12 heteroatoms. The lowest BCUT2D eigenvalue weighted by atomic mass is 9.80. The second kappa shape index (κ2) is 11.0. The summed E-state index contributed by atoms with van der Waals surface area (Å²) >= 11 is 0. The van der Waals surface area contributed by atoms with Crippen LogP contribution in [0.25, 0.3) is 22.2 Å². The SMILES string of the molecule is CC(C)C(N)(C(=O)NCC(F)(F)F)c1cncc(-c2c[nH]c3ncc(OCCN4CCOCC4)cc23)c1. The number of pyridine rings is 2. The summed E-state index contributed by atoms with van der Waals surface area (Å²) in [6, 6.07) is 3.54. The lowest BCUT2D eigenvalue weighted by molar-refractivity contribution is -0.143. The van der Waals surface area contributed by atoms with Crippen LogP contribution in [0.2, 0.25) is 0 Å². The average molecular weight is 521 g/mol. The number of alkyl halides is 3. The van der Waals surface area contributed by atoms with Crippen LogP contribution in [0, 0.1) is 5.92 Å². The van der Waals surface area contributed by atoms with Gasteiger partial charge >= 0.3 is 6.18 Å². The molecule has 0 bridgehead atoms. The summed E-state index contributed by atoms with van der Waals surface area (Å²) in [6.07, 6.45) is 1.86. The minimum atomic E-state index is -4.55. The Morgan fingerprint density at radius 1 is 1.24 bits per heavy atom. The third kappa shape index (κ3) is 6.20. The normalized spacial score (nSPS) is 16.6. The highest BCUT2D eigenvalue weighted by atomic mass is 19.4. The van der Waals surface area contributed by atoms with Crippen molar-refractivity contribution in [3.63, 3.8) is 0 Å². The van der Waals surface area contributed by atoms with Crippen LogP contribution in [0.5, 0.6) is 5.75 Å². The van der Waals surface area contributed by atoms with E-state index in [1.165, 1.54) is 6.20 Å². The molecule has 0 aromatic carbocycles. The number of carbonyl (C=O) groups is 1. The van der Waals surface area contributed by atoms with Crippen LogP contribution in [0.15, 0.2) is 36.9 Å². The van der Waals surface area contributed by atoms with Crippen LogP contribution in [0.4, 0.5) is 13.2 Å². The largest absolute Gasteiger partial charge is 0.491 e. The van der Waals surface area contributed by atoms with Gasteiger partial charge in [0.2, 0.25) is 5.91 Å². The van der Waals surface area contributed by atoms with Crippen molar-refractivity contribution < 1.29 is 27.4 Å². The van der Waals surface area contributed by atoms with E-state index < -0.39 is 30.1 Å². The quantitative estimate of drug-likeness (QED) is 0.397. The summed E-state index contributed by atoms with van der Waals surface area (Å²) in [5.74, 6) is -0.822. The number of H-pyrrole nitrogens is 1. The van der Waals surface area contributed by atoms with Crippen molar-refractivity contribution in [1.29, 1.82) is 0 Å². The number of rotatable bonds is 9. The van der Waals surface area contributed by atoms with Crippen molar-refractivity contribution in [3.05, 3.63) is 42.5 Å². The second-order valence-corrected chi connectivity index (χ2v) is 9.36. The Morgan fingerprint density at radius 2 is 2.00 bits per heavy atom. The van der Waals surface area contributed by atoms with Gasteiger partial charge in [0.05, 0.1) is 19.4 Å². The van der Waals surface area contributed by atoms with E-state index in [-0.39, 0.29) is 0 Å². The molecule has 3 aromatic rings. The second-order valence-electron chi connectivity index (χ2n) is 9.36. The number of hydrogen-bond acceptors (Lipinski definition) is 7. The zero-order valence-corrected chi connectivity index (χ0v) is 20.8. The third-order valence-corrected chi connectivity index (χ3v) is 6.55. The lowest BCUT2D eigenvalue weighted by Crippen LogP contribution is -2.56. The van der Waals surface area contributed by atoms with E-state index in [1.807, 2.05) is 11.4 Å². The average Bonchev–Trinajstić information content (AvgIpc) is 3.30. The molecule has 0 aliphatic carbocycles. The fourth-order valence-electron chi connectivity index (χ4n) is 4.29. The number of ether oxygens (including phenoxy) is 2. The Balaban J connectivity index is 1.57. The number of carbonyl (C=O) groups excluding carboxylic acids is 1. The number of morpholine rings is 1. The highest BCUT2D eigenvalue weighted by Crippen LogP contribution is 2.34. The monoisotopic (exact) mass is 520 g/mol. The van der Waals surface area contributed by atoms with Crippen molar-refractivity contribution >= 4 is 16.9 Å². The maximum atomic E-state index is 12.8. The van der Waals surface area contributed by atoms with Gasteiger partial charge in [0, 0.05) is 60.3 Å². The van der Waals surface area contributed by atoms with Crippen LogP contribution in [0.1, 0.15) is 19.4 Å². The van der Waals surface area contributed by atoms with Crippen molar-refractivity contribution in [2.75, 3.05) is 46.0 Å². The van der Waals surface area contributed by atoms with Crippen molar-refractivity contribution in [2.24, 2.45) is 11.7 Å². The molecule has 4 N–H and O–H groups in total. The number of hydrogen-bond donors (Lipinski definition) is 3. The summed E-state index contributed by atoms with van der Waals surface area (Å²) in [5, 5.41) is 2.69. The zero-order chi connectivity index (χ0) is 26.6. The summed E-state index contributed by atoms with van der Waals surface area (Å²) in [6.45, 7) is 6.35. The van der Waals surface area contributed by atoms with E-state index >= 15 is 0 Å². The minimum absolute atomic E-state index is 0.305. The molecule has 1 aliphatic rings. The van der Waals surface area contributed by atoms with E-state index in [0.29, 0.717) is 29.1 Å². The van der Waals surface area contributed by atoms with Gasteiger partial charge in [-0.1, -0.05) is 13.8 Å². The molecule has 4 heterocycles. The number of aromatic amines is 1. The minimum Gasteiger partial charge on any atom is -0.491 e. The van der Waals surface area contributed by atoms with Crippen LogP contribution in [-0.2, 0) is 15.1 Å². The first-order valence-corrected chi connectivity index (χ1v) is 12.1. The fourth-order valence-corrected chi connectivity index (χ4v) is 4.29. The van der Waals surface area contributed by atoms with Gasteiger partial charge in [-0.05, 0) is 18.1 Å². The molecule has 0 spiro atoms. The Kier molecular flexibility index (Phi) is 8.00. The van der Waals surface area contributed by atoms with Gasteiger partial charge < -0.3 is 25.5 Å². The van der Waals surface area contributed by atoms with E-state index in [4.69, 9.17) is 15.2 Å². The van der Waals surface area contributed by atoms with Crippen molar-refractivity contribution in [2.45, 2.75) is 25.6 Å². The van der Waals surface area contributed by atoms with Gasteiger partial charge in [0.1, 0.15) is 30.1 Å². The van der Waals surface area contributed by atoms with Gasteiger partial charge in [-0.3, -0.25) is 14.7 Å². The Morgan fingerprint density at radius 3 is 2.70 bits per heavy atom. The van der Waals surface area contributed by atoms with E-state index in [2.05, 4.69) is 19.9 Å². The molecule has 4 rings (SSSR count). The third-order valence-electron chi connectivity index (χ3n) is 6.55. The van der Waals surface area contributed by atoms with Gasteiger partial charge in [-0.15, -0.1) is 0 Å². The molecule has 3 aromatic heterocycles. The summed E-state index contributed by atoms with van der Waals surface area (Å²) < 4.78 is 49.4. The number of halogens is 3. The van der Waals surface area contributed by atoms with Crippen molar-refractivity contribution in [3.8, 4) is 16.9 Å². The topological polar surface area (TPSA) is 118 Å². The van der Waals surface area contributed by atoms with Crippen molar-refractivity contribution in [1.82, 2.24) is 25.2 Å². The van der Waals surface area contributed by atoms with Crippen LogP contribution in [-0.4, -0.2) is 77.9 Å². The number of amides is 1. The lowest BCUT2D eigenvalue weighted by Gasteiger charge is -2.32. The van der Waals surface area contributed by atoms with Gasteiger partial charge in [0.15, 0.2) is 0 Å². The molecule has 1 fully saturated rings. The molecule has 0 radical (unpaired) electrons. The molecule has 1 atom stereocenters. The molecular weight excluding hydrogens is 489 g/mol. The Hall–Kier alpha value is -3.22. The van der Waals surface area contributed by atoms with Gasteiger partial charge in [0.25, 0.3) is 0 Å². The maximum absolute atomic E-state index is 12.8. The van der Waals surface area contributed by atoms with E-state index in [0.717, 1.165) is 43.8 Å². The smallest absolute Gasteiger partial charge is 0.405 e. The predicted octanol–water partition coefficient (Wildman–Crippen LogP) is 2.82. The van der Waals surface area contributed by atoms with Gasteiger partial charge in [-0.2, -0.15) is 13.2 Å². The highest BCUT2D eigenvalue weighted by Gasteiger charge is 2.41. The van der Waals surface area contributed by atoms with E-state index in [1.54, 1.807) is 38.5 Å². The first-order valence-electron chi connectivity index (χ1n) is 12.1. The molecule has 9 nitrogen and oxygen atoms in total. The molecule has 1 unspecified atom stereocenters. The van der Waals surface area contributed by atoms with Crippen LogP contribution < -0.4 is 15.8 Å². The number of fused-ring (bicyclic) bond motifs is 1. The highest BCUT2D eigenvalue weighted by molar-refractivity contribution is 5.95. The maximum Gasteiger partial charge on any atom is 0.405 e. The standard InChI is InChI=1S/C25H31F3N6O3/c1-16(2)25(29,23(35)33-15-24(26,27)28)18-9-17(11-30-12-18)21-14-32-22-20(21)10-19(13-31-22)37-8-5-34-3-6-36-7-4-34/h9-14,16H,3-8,15,29H2,1-2H3,(H,31,32)(H,33,35). The number of aromatic nitrogens is 3. The molecule has 0 saturated carbocycles. The van der Waals surface area contributed by atoms with Gasteiger partial charge in [-0.25, -0.2) is 4.98 Å². The molecule has 1 aliphatic heterocycles. The molecule has 200 valence electrons. The zero-order valence-electron chi connectivity index (χ0n) is 20.8. The first-order chi connectivity index (χ1) is 17.6. The Labute approximate surface area is 212 Å². The number of nitrogens with zero attached hydrogens (tertiary/aromatic N) is 3. The van der Waals surface area contributed by atoms with E-state index in [9.17, 15) is 18.0 Å². The summed E-state index contributed by atoms with van der Waals surface area (Å²) in [4.78, 5) is 26.9. The first kappa shape index (κ1) is 26.8. The predicted molar refractivity (Wildman–Crippen MR) is 132 cm³/mol. The Bertz CT molecular complexity index is 1230. The molecule has 37 heavy (non-hydrogen) atoms. The number of nitrogens with two attached hydrogens (primary N) is 1. The van der Waals surface area contributed by atoms with Crippen LogP contribution >= 0.6 is 0 Å². The summed E-state index contributed by atoms with van der Waals surface area (Å²) in [7, 11) is 0. The van der Waals surface area contributed by atoms with Crippen LogP contribution in [0.3, 0.4) is 0 Å². The molecule has 1 amide bonds. The summed E-state index contributed by atoms with van der Waals surface area (Å²) in [5.41, 5.74) is 7.04. The fraction of sp³-hybridized carbons (Fsp3) is 0.480. The molecule has 1 saturated heterocycles.